The molecule has 1 heterocycles. The zero-order valence-electron chi connectivity index (χ0n) is 11.0. The first-order valence-corrected chi connectivity index (χ1v) is 8.08. The van der Waals surface area contributed by atoms with Crippen molar-refractivity contribution in [3.63, 3.8) is 0 Å². The minimum absolute atomic E-state index is 0.0260. The lowest BCUT2D eigenvalue weighted by atomic mass is 9.87. The summed E-state index contributed by atoms with van der Waals surface area (Å²) < 4.78 is 0. The first kappa shape index (κ1) is 13.2. The Kier molecular flexibility index (Phi) is 4.69. The van der Waals surface area contributed by atoms with Crippen molar-refractivity contribution in [1.82, 2.24) is 0 Å². The van der Waals surface area contributed by atoms with Crippen LogP contribution in [0, 0.1) is 5.92 Å². The van der Waals surface area contributed by atoms with Gasteiger partial charge >= 0.3 is 0 Å². The molecular weight excluding hydrogens is 228 g/mol. The van der Waals surface area contributed by atoms with E-state index in [1.54, 1.807) is 5.57 Å². The van der Waals surface area contributed by atoms with E-state index in [2.05, 4.69) is 18.2 Å². The van der Waals surface area contributed by atoms with Crippen LogP contribution in [0.1, 0.15) is 51.9 Å². The number of dihydropyridines is 1. The van der Waals surface area contributed by atoms with E-state index in [9.17, 15) is 0 Å². The molecule has 96 valence electrons. The summed E-state index contributed by atoms with van der Waals surface area (Å²) in [4.78, 5) is 6.12. The third-order valence-corrected chi connectivity index (χ3v) is 4.78. The van der Waals surface area contributed by atoms with Gasteiger partial charge < -0.3 is 5.73 Å². The molecule has 2 nitrogen and oxygen atoms in total. The van der Waals surface area contributed by atoms with Gasteiger partial charge in [-0.2, -0.15) is 0 Å². The molecule has 0 aromatic rings. The lowest BCUT2D eigenvalue weighted by Crippen LogP contribution is -2.26. The van der Waals surface area contributed by atoms with Crippen molar-refractivity contribution in [1.29, 1.82) is 0 Å². The standard InChI is InChI=1S/C14H24N2S/c1-3-4-6-10-7-5-8-12-14(17-2)11(10)9-13(15)16-12/h10,13H,3-9,15H2,1-2H3. The zero-order chi connectivity index (χ0) is 12.3. The van der Waals surface area contributed by atoms with Crippen molar-refractivity contribution in [2.24, 2.45) is 16.6 Å². The van der Waals surface area contributed by atoms with Crippen LogP contribution in [0.3, 0.4) is 0 Å². The number of rotatable bonds is 4. The Morgan fingerprint density at radius 3 is 3.00 bits per heavy atom. The molecule has 2 unspecified atom stereocenters. The lowest BCUT2D eigenvalue weighted by molar-refractivity contribution is 0.467. The number of nitrogens with zero attached hydrogens (tertiary/aromatic N) is 1. The number of unbranched alkanes of at least 4 members (excludes halogenated alkanes) is 1. The molecule has 0 spiro atoms. The molecule has 0 saturated heterocycles. The summed E-state index contributed by atoms with van der Waals surface area (Å²) in [6.45, 7) is 2.28. The fourth-order valence-corrected chi connectivity index (χ4v) is 3.95. The Morgan fingerprint density at radius 2 is 2.29 bits per heavy atom. The highest BCUT2D eigenvalue weighted by Gasteiger charge is 2.28. The molecule has 0 fully saturated rings. The van der Waals surface area contributed by atoms with Gasteiger partial charge in [0, 0.05) is 11.3 Å². The second-order valence-electron chi connectivity index (χ2n) is 5.14. The summed E-state index contributed by atoms with van der Waals surface area (Å²) >= 11 is 1.88. The molecule has 1 aliphatic heterocycles. The number of fused-ring (bicyclic) bond motifs is 1. The van der Waals surface area contributed by atoms with E-state index in [-0.39, 0.29) is 6.17 Å². The van der Waals surface area contributed by atoms with Gasteiger partial charge in [0.25, 0.3) is 0 Å². The van der Waals surface area contributed by atoms with Gasteiger partial charge in [0.15, 0.2) is 0 Å². The largest absolute Gasteiger partial charge is 0.309 e. The van der Waals surface area contributed by atoms with E-state index in [0.29, 0.717) is 0 Å². The van der Waals surface area contributed by atoms with E-state index >= 15 is 0 Å². The number of allylic oxidation sites excluding steroid dienone is 1. The average Bonchev–Trinajstić information content (AvgIpc) is 2.42. The second-order valence-corrected chi connectivity index (χ2v) is 5.95. The molecule has 2 atom stereocenters. The molecule has 3 heteroatoms. The Hall–Kier alpha value is -0.280. The predicted molar refractivity (Wildman–Crippen MR) is 77.4 cm³/mol. The van der Waals surface area contributed by atoms with E-state index in [4.69, 9.17) is 5.73 Å². The summed E-state index contributed by atoms with van der Waals surface area (Å²) in [7, 11) is 0. The van der Waals surface area contributed by atoms with Crippen LogP contribution in [0.2, 0.25) is 0 Å². The van der Waals surface area contributed by atoms with Crippen molar-refractivity contribution >= 4 is 17.5 Å². The summed E-state index contributed by atoms with van der Waals surface area (Å²) in [6, 6.07) is 0. The highest BCUT2D eigenvalue weighted by molar-refractivity contribution is 8.03. The van der Waals surface area contributed by atoms with Crippen LogP contribution in [0.15, 0.2) is 15.5 Å². The van der Waals surface area contributed by atoms with Crippen LogP contribution in [-0.4, -0.2) is 18.1 Å². The normalized spacial score (nSPS) is 29.0. The van der Waals surface area contributed by atoms with Crippen molar-refractivity contribution in [2.45, 2.75) is 58.0 Å². The summed E-state index contributed by atoms with van der Waals surface area (Å²) in [5.74, 6) is 0.774. The molecule has 2 rings (SSSR count). The molecule has 2 aliphatic rings. The van der Waals surface area contributed by atoms with Crippen molar-refractivity contribution < 1.29 is 0 Å². The topological polar surface area (TPSA) is 38.4 Å². The SMILES string of the molecule is CCCCC1CCCC2=NC(N)CC1=C2SC. The highest BCUT2D eigenvalue weighted by atomic mass is 32.2. The molecule has 1 aliphatic carbocycles. The van der Waals surface area contributed by atoms with Gasteiger partial charge in [-0.25, -0.2) is 0 Å². The van der Waals surface area contributed by atoms with Crippen LogP contribution < -0.4 is 5.73 Å². The second kappa shape index (κ2) is 6.05. The van der Waals surface area contributed by atoms with E-state index in [1.165, 1.54) is 42.7 Å². The number of thioether (sulfide) groups is 1. The van der Waals surface area contributed by atoms with Crippen molar-refractivity contribution in [3.8, 4) is 0 Å². The average molecular weight is 252 g/mol. The fraction of sp³-hybridized carbons (Fsp3) is 0.786. The van der Waals surface area contributed by atoms with Gasteiger partial charge in [-0.05, 0) is 43.4 Å². The van der Waals surface area contributed by atoms with Gasteiger partial charge in [0.1, 0.15) is 6.17 Å². The van der Waals surface area contributed by atoms with Crippen LogP contribution in [0.4, 0.5) is 0 Å². The Balaban J connectivity index is 2.24. The summed E-state index contributed by atoms with van der Waals surface area (Å²) in [5.41, 5.74) is 8.99. The number of nitrogens with two attached hydrogens (primary N) is 1. The number of aliphatic imine (C=N–C) groups is 1. The lowest BCUT2D eigenvalue weighted by Gasteiger charge is -2.26. The van der Waals surface area contributed by atoms with E-state index in [0.717, 1.165) is 18.8 Å². The zero-order valence-corrected chi connectivity index (χ0v) is 11.9. The molecule has 0 aromatic heterocycles. The van der Waals surface area contributed by atoms with Gasteiger partial charge in [-0.15, -0.1) is 11.8 Å². The molecule has 0 saturated carbocycles. The predicted octanol–water partition coefficient (Wildman–Crippen LogP) is 3.72. The minimum atomic E-state index is 0.0260. The van der Waals surface area contributed by atoms with Crippen molar-refractivity contribution in [2.75, 3.05) is 6.26 Å². The third kappa shape index (κ3) is 2.94. The molecular formula is C14H24N2S. The Bertz CT molecular complexity index is 333. The van der Waals surface area contributed by atoms with Gasteiger partial charge in [0.05, 0.1) is 5.71 Å². The molecule has 2 bridgehead atoms. The first-order valence-electron chi connectivity index (χ1n) is 6.86. The smallest absolute Gasteiger partial charge is 0.101 e. The minimum Gasteiger partial charge on any atom is -0.309 e. The molecule has 0 radical (unpaired) electrons. The van der Waals surface area contributed by atoms with Gasteiger partial charge in [-0.3, -0.25) is 4.99 Å². The molecule has 0 aromatic carbocycles. The maximum absolute atomic E-state index is 6.07. The van der Waals surface area contributed by atoms with Crippen LogP contribution >= 0.6 is 11.8 Å². The maximum atomic E-state index is 6.07. The molecule has 0 amide bonds. The summed E-state index contributed by atoms with van der Waals surface area (Å²) in [5, 5.41) is 0. The first-order chi connectivity index (χ1) is 8.26. The maximum Gasteiger partial charge on any atom is 0.101 e. The number of hydrogen-bond donors (Lipinski definition) is 1. The van der Waals surface area contributed by atoms with E-state index < -0.39 is 0 Å². The van der Waals surface area contributed by atoms with Gasteiger partial charge in [-0.1, -0.05) is 19.8 Å². The van der Waals surface area contributed by atoms with Gasteiger partial charge in [0.2, 0.25) is 0 Å². The quantitative estimate of drug-likeness (QED) is 0.828. The molecule has 17 heavy (non-hydrogen) atoms. The Labute approximate surface area is 109 Å². The third-order valence-electron chi connectivity index (χ3n) is 3.87. The van der Waals surface area contributed by atoms with Crippen LogP contribution in [0.5, 0.6) is 0 Å². The van der Waals surface area contributed by atoms with Crippen molar-refractivity contribution in [3.05, 3.63) is 10.5 Å². The summed E-state index contributed by atoms with van der Waals surface area (Å²) in [6.07, 6.45) is 10.9. The molecule has 2 N–H and O–H groups in total. The highest BCUT2D eigenvalue weighted by Crippen LogP contribution is 2.39. The van der Waals surface area contributed by atoms with Crippen LogP contribution in [-0.2, 0) is 0 Å². The van der Waals surface area contributed by atoms with E-state index in [1.807, 2.05) is 11.8 Å². The van der Waals surface area contributed by atoms with Crippen LogP contribution in [0.25, 0.3) is 0 Å². The monoisotopic (exact) mass is 252 g/mol. The number of hydrogen-bond acceptors (Lipinski definition) is 3. The Morgan fingerprint density at radius 1 is 1.47 bits per heavy atom. The fourth-order valence-electron chi connectivity index (χ4n) is 3.05.